The minimum Gasteiger partial charge on any atom is -0.481 e. The molecule has 2 amide bonds. The van der Waals surface area contributed by atoms with Gasteiger partial charge in [0.2, 0.25) is 5.91 Å². The van der Waals surface area contributed by atoms with Gasteiger partial charge in [-0.05, 0) is 24.8 Å². The van der Waals surface area contributed by atoms with Crippen molar-refractivity contribution in [2.75, 3.05) is 19.6 Å². The molecule has 0 aromatic heterocycles. The summed E-state index contributed by atoms with van der Waals surface area (Å²) in [4.78, 5) is 39.6. The van der Waals surface area contributed by atoms with Crippen molar-refractivity contribution in [3.05, 3.63) is 35.9 Å². The third-order valence-corrected chi connectivity index (χ3v) is 5.53. The maximum Gasteiger partial charge on any atom is 0.410 e. The van der Waals surface area contributed by atoms with Crippen LogP contribution in [0.1, 0.15) is 24.8 Å². The number of hydrogen-bond donors (Lipinski definition) is 2. The highest BCUT2D eigenvalue weighted by atomic mass is 32.1. The number of likely N-dealkylation sites (tertiary alicyclic amines) is 2. The van der Waals surface area contributed by atoms with E-state index in [9.17, 15) is 14.4 Å². The SMILES string of the molecule is O=C(O)C1CCN(C(=O)[C@@H]2CC(S)CN2C(=O)OCc2ccccc2)CC1. The van der Waals surface area contributed by atoms with Gasteiger partial charge in [-0.1, -0.05) is 30.3 Å². The standard InChI is InChI=1S/C19H24N2O5S/c22-17(20-8-6-14(7-9-20)18(23)24)16-10-15(27)11-21(16)19(25)26-12-13-4-2-1-3-5-13/h1-5,14-16,27H,6-12H2,(H,23,24)/t15?,16-/m0/s1. The Morgan fingerprint density at radius 2 is 1.81 bits per heavy atom. The molecule has 27 heavy (non-hydrogen) atoms. The van der Waals surface area contributed by atoms with Crippen LogP contribution in [0.2, 0.25) is 0 Å². The lowest BCUT2D eigenvalue weighted by atomic mass is 9.96. The van der Waals surface area contributed by atoms with Crippen LogP contribution in [0.5, 0.6) is 0 Å². The van der Waals surface area contributed by atoms with Gasteiger partial charge < -0.3 is 14.7 Å². The van der Waals surface area contributed by atoms with Gasteiger partial charge in [-0.25, -0.2) is 4.79 Å². The van der Waals surface area contributed by atoms with Crippen LogP contribution in [0.4, 0.5) is 4.79 Å². The third kappa shape index (κ3) is 4.74. The van der Waals surface area contributed by atoms with Crippen LogP contribution in [0.15, 0.2) is 30.3 Å². The summed E-state index contributed by atoms with van der Waals surface area (Å²) in [7, 11) is 0. The number of amides is 2. The van der Waals surface area contributed by atoms with Crippen molar-refractivity contribution in [1.29, 1.82) is 0 Å². The molecule has 3 rings (SSSR count). The fourth-order valence-electron chi connectivity index (χ4n) is 3.61. The van der Waals surface area contributed by atoms with Gasteiger partial charge >= 0.3 is 12.1 Å². The maximum atomic E-state index is 12.9. The minimum atomic E-state index is -0.815. The summed E-state index contributed by atoms with van der Waals surface area (Å²) in [5.74, 6) is -1.36. The molecule has 0 spiro atoms. The van der Waals surface area contributed by atoms with Crippen molar-refractivity contribution in [1.82, 2.24) is 9.80 Å². The molecule has 0 aliphatic carbocycles. The minimum absolute atomic E-state index is 0.0835. The monoisotopic (exact) mass is 392 g/mol. The van der Waals surface area contributed by atoms with Crippen LogP contribution >= 0.6 is 12.6 Å². The first kappa shape index (κ1) is 19.5. The molecule has 1 N–H and O–H groups in total. The number of aliphatic carboxylic acids is 1. The highest BCUT2D eigenvalue weighted by Gasteiger charge is 2.42. The van der Waals surface area contributed by atoms with Crippen LogP contribution in [0.25, 0.3) is 0 Å². The van der Waals surface area contributed by atoms with Gasteiger partial charge in [0.1, 0.15) is 12.6 Å². The smallest absolute Gasteiger partial charge is 0.410 e. The van der Waals surface area contributed by atoms with Gasteiger partial charge in [-0.3, -0.25) is 14.5 Å². The molecule has 146 valence electrons. The van der Waals surface area contributed by atoms with Crippen molar-refractivity contribution in [2.24, 2.45) is 5.92 Å². The van der Waals surface area contributed by atoms with Gasteiger partial charge in [-0.15, -0.1) is 0 Å². The summed E-state index contributed by atoms with van der Waals surface area (Å²) in [5, 5.41) is 9.01. The molecular formula is C19H24N2O5S. The van der Waals surface area contributed by atoms with Crippen molar-refractivity contribution in [3.63, 3.8) is 0 Å². The number of piperidine rings is 1. The summed E-state index contributed by atoms with van der Waals surface area (Å²) < 4.78 is 5.38. The van der Waals surface area contributed by atoms with Crippen LogP contribution in [0, 0.1) is 5.92 Å². The van der Waals surface area contributed by atoms with Gasteiger partial charge in [-0.2, -0.15) is 12.6 Å². The normalized spacial score (nSPS) is 23.3. The molecule has 2 fully saturated rings. The molecule has 2 aliphatic rings. The Morgan fingerprint density at radius 1 is 1.15 bits per heavy atom. The van der Waals surface area contributed by atoms with E-state index < -0.39 is 24.0 Å². The molecule has 7 nitrogen and oxygen atoms in total. The first-order valence-electron chi connectivity index (χ1n) is 9.12. The Balaban J connectivity index is 1.59. The second-order valence-corrected chi connectivity index (χ2v) is 7.77. The number of thiol groups is 1. The average Bonchev–Trinajstić information content (AvgIpc) is 3.08. The number of carbonyl (C=O) groups excluding carboxylic acids is 2. The summed E-state index contributed by atoms with van der Waals surface area (Å²) in [6, 6.07) is 8.77. The number of carboxylic acids is 1. The van der Waals surface area contributed by atoms with Crippen LogP contribution in [-0.4, -0.2) is 63.8 Å². The molecule has 2 aliphatic heterocycles. The van der Waals surface area contributed by atoms with E-state index in [1.54, 1.807) is 4.90 Å². The molecule has 2 heterocycles. The van der Waals surface area contributed by atoms with Crippen LogP contribution < -0.4 is 0 Å². The Kier molecular flexibility index (Phi) is 6.26. The van der Waals surface area contributed by atoms with Crippen LogP contribution in [0.3, 0.4) is 0 Å². The zero-order valence-electron chi connectivity index (χ0n) is 15.0. The highest BCUT2D eigenvalue weighted by molar-refractivity contribution is 7.81. The third-order valence-electron chi connectivity index (χ3n) is 5.16. The molecule has 1 aromatic rings. The van der Waals surface area contributed by atoms with E-state index in [0.29, 0.717) is 38.9 Å². The first-order valence-corrected chi connectivity index (χ1v) is 9.64. The first-order chi connectivity index (χ1) is 13.0. The molecule has 2 atom stereocenters. The summed E-state index contributed by atoms with van der Waals surface area (Å²) in [6.07, 6.45) is 0.836. The lowest BCUT2D eigenvalue weighted by molar-refractivity contribution is -0.146. The molecular weight excluding hydrogens is 368 g/mol. The van der Waals surface area contributed by atoms with E-state index in [4.69, 9.17) is 9.84 Å². The fourth-order valence-corrected chi connectivity index (χ4v) is 3.99. The fraction of sp³-hybridized carbons (Fsp3) is 0.526. The molecule has 8 heteroatoms. The predicted molar refractivity (Wildman–Crippen MR) is 101 cm³/mol. The average molecular weight is 392 g/mol. The lowest BCUT2D eigenvalue weighted by Gasteiger charge is -2.34. The molecule has 0 radical (unpaired) electrons. The van der Waals surface area contributed by atoms with Gasteiger partial charge in [0.15, 0.2) is 0 Å². The van der Waals surface area contributed by atoms with Gasteiger partial charge in [0.25, 0.3) is 0 Å². The van der Waals surface area contributed by atoms with Gasteiger partial charge in [0.05, 0.1) is 5.92 Å². The highest BCUT2D eigenvalue weighted by Crippen LogP contribution is 2.27. The Labute approximate surface area is 163 Å². The van der Waals surface area contributed by atoms with Crippen molar-refractivity contribution in [2.45, 2.75) is 37.2 Å². The predicted octanol–water partition coefficient (Wildman–Crippen LogP) is 2.02. The Bertz CT molecular complexity index is 691. The molecule has 2 saturated heterocycles. The lowest BCUT2D eigenvalue weighted by Crippen LogP contribution is -2.50. The second-order valence-electron chi connectivity index (χ2n) is 7.04. The number of benzene rings is 1. The van der Waals surface area contributed by atoms with Crippen molar-refractivity contribution >= 4 is 30.6 Å². The molecule has 0 bridgehead atoms. The van der Waals surface area contributed by atoms with Crippen LogP contribution in [-0.2, 0) is 20.9 Å². The molecule has 0 saturated carbocycles. The number of carbonyl (C=O) groups is 3. The summed E-state index contributed by atoms with van der Waals surface area (Å²) in [6.45, 7) is 1.31. The number of rotatable bonds is 4. The second kappa shape index (κ2) is 8.65. The quantitative estimate of drug-likeness (QED) is 0.766. The van der Waals surface area contributed by atoms with E-state index in [1.807, 2.05) is 30.3 Å². The van der Waals surface area contributed by atoms with E-state index in [-0.39, 0.29) is 17.8 Å². The molecule has 1 aromatic carbocycles. The molecule has 1 unspecified atom stereocenters. The largest absolute Gasteiger partial charge is 0.481 e. The van der Waals surface area contributed by atoms with E-state index in [2.05, 4.69) is 12.6 Å². The number of carboxylic acid groups (broad SMARTS) is 1. The summed E-state index contributed by atoms with van der Waals surface area (Å²) in [5.41, 5.74) is 0.881. The van der Waals surface area contributed by atoms with Crippen molar-refractivity contribution in [3.8, 4) is 0 Å². The Morgan fingerprint density at radius 3 is 2.44 bits per heavy atom. The van der Waals surface area contributed by atoms with Crippen molar-refractivity contribution < 1.29 is 24.2 Å². The number of nitrogens with zero attached hydrogens (tertiary/aromatic N) is 2. The Hall–Kier alpha value is -2.22. The topological polar surface area (TPSA) is 87.2 Å². The van der Waals surface area contributed by atoms with Gasteiger partial charge in [0, 0.05) is 24.9 Å². The summed E-state index contributed by atoms with van der Waals surface area (Å²) >= 11 is 4.45. The maximum absolute atomic E-state index is 12.9. The zero-order chi connectivity index (χ0) is 19.4. The zero-order valence-corrected chi connectivity index (χ0v) is 15.9. The number of hydrogen-bond acceptors (Lipinski definition) is 5. The number of ether oxygens (including phenoxy) is 1. The van der Waals surface area contributed by atoms with E-state index in [1.165, 1.54) is 4.90 Å². The van der Waals surface area contributed by atoms with E-state index >= 15 is 0 Å². The van der Waals surface area contributed by atoms with E-state index in [0.717, 1.165) is 5.56 Å².